The zero-order chi connectivity index (χ0) is 25.6. The third-order valence-corrected chi connectivity index (χ3v) is 6.58. The summed E-state index contributed by atoms with van der Waals surface area (Å²) in [6, 6.07) is 10.6. The number of hydrogen-bond acceptors (Lipinski definition) is 6. The van der Waals surface area contributed by atoms with Crippen molar-refractivity contribution < 1.29 is 13.6 Å². The van der Waals surface area contributed by atoms with Crippen LogP contribution < -0.4 is 0 Å². The van der Waals surface area contributed by atoms with Crippen LogP contribution in [0.3, 0.4) is 0 Å². The highest BCUT2D eigenvalue weighted by Crippen LogP contribution is 2.33. The van der Waals surface area contributed by atoms with E-state index in [2.05, 4.69) is 19.9 Å². The van der Waals surface area contributed by atoms with Gasteiger partial charge in [0, 0.05) is 37.1 Å². The van der Waals surface area contributed by atoms with Gasteiger partial charge in [-0.15, -0.1) is 0 Å². The lowest BCUT2D eigenvalue weighted by molar-refractivity contribution is -0.127. The Bertz CT molecular complexity index is 1580. The van der Waals surface area contributed by atoms with Gasteiger partial charge >= 0.3 is 0 Å². The maximum atomic E-state index is 15.0. The third kappa shape index (κ3) is 4.26. The zero-order valence-corrected chi connectivity index (χ0v) is 20.0. The van der Waals surface area contributed by atoms with Gasteiger partial charge in [0.25, 0.3) is 0 Å². The van der Waals surface area contributed by atoms with E-state index in [9.17, 15) is 9.18 Å². The molecule has 3 heterocycles. The van der Waals surface area contributed by atoms with Crippen LogP contribution in [0, 0.1) is 36.8 Å². The molecule has 2 aromatic carbocycles. The smallest absolute Gasteiger partial charge is 0.219 e. The van der Waals surface area contributed by atoms with Gasteiger partial charge in [0.1, 0.15) is 22.8 Å². The van der Waals surface area contributed by atoms with E-state index in [-0.39, 0.29) is 40.1 Å². The molecule has 0 aliphatic carbocycles. The molecule has 1 fully saturated rings. The zero-order valence-electron chi connectivity index (χ0n) is 20.0. The van der Waals surface area contributed by atoms with Gasteiger partial charge < -0.3 is 4.90 Å². The number of amides is 1. The predicted octanol–water partition coefficient (Wildman–Crippen LogP) is 4.86. The van der Waals surface area contributed by atoms with Gasteiger partial charge in [-0.2, -0.15) is 5.26 Å². The number of nitrogens with zero attached hydrogens (tertiary/aromatic N) is 6. The fourth-order valence-corrected chi connectivity index (χ4v) is 4.50. The molecule has 0 saturated carbocycles. The third-order valence-electron chi connectivity index (χ3n) is 6.58. The van der Waals surface area contributed by atoms with Crippen molar-refractivity contribution >= 4 is 17.1 Å². The monoisotopic (exact) mass is 484 g/mol. The molecule has 0 bridgehead atoms. The van der Waals surface area contributed by atoms with E-state index in [0.29, 0.717) is 35.6 Å². The van der Waals surface area contributed by atoms with Gasteiger partial charge in [-0.3, -0.25) is 4.79 Å². The molecule has 1 amide bonds. The minimum atomic E-state index is -0.629. The average molecular weight is 485 g/mol. The van der Waals surface area contributed by atoms with Crippen LogP contribution in [0.5, 0.6) is 0 Å². The van der Waals surface area contributed by atoms with Crippen LogP contribution in [-0.4, -0.2) is 43.8 Å². The summed E-state index contributed by atoms with van der Waals surface area (Å²) in [5.41, 5.74) is 3.59. The summed E-state index contributed by atoms with van der Waals surface area (Å²) in [6.07, 6.45) is 0.729. The fraction of sp³-hybridized carbons (Fsp3) is 0.259. The van der Waals surface area contributed by atoms with E-state index in [1.54, 1.807) is 18.7 Å². The summed E-state index contributed by atoms with van der Waals surface area (Å²) in [4.78, 5) is 31.8. The van der Waals surface area contributed by atoms with Crippen molar-refractivity contribution in [1.82, 2.24) is 24.8 Å². The summed E-state index contributed by atoms with van der Waals surface area (Å²) >= 11 is 0. The van der Waals surface area contributed by atoms with Crippen molar-refractivity contribution in [2.75, 3.05) is 13.1 Å². The second-order valence-electron chi connectivity index (χ2n) is 8.99. The molecule has 36 heavy (non-hydrogen) atoms. The quantitative estimate of drug-likeness (QED) is 0.412. The number of halogens is 2. The molecule has 7 nitrogen and oxygen atoms in total. The minimum absolute atomic E-state index is 0.00897. The Morgan fingerprint density at radius 1 is 1.06 bits per heavy atom. The summed E-state index contributed by atoms with van der Waals surface area (Å²) < 4.78 is 29.8. The average Bonchev–Trinajstić information content (AvgIpc) is 3.35. The molecule has 1 aliphatic heterocycles. The molecule has 4 aromatic rings. The molecule has 0 spiro atoms. The first-order valence-electron chi connectivity index (χ1n) is 11.5. The maximum absolute atomic E-state index is 15.0. The van der Waals surface area contributed by atoms with Gasteiger partial charge in [0.15, 0.2) is 11.5 Å². The fourth-order valence-electron chi connectivity index (χ4n) is 4.50. The van der Waals surface area contributed by atoms with Gasteiger partial charge in [-0.05, 0) is 62.2 Å². The van der Waals surface area contributed by atoms with Crippen LogP contribution in [0.4, 0.5) is 8.78 Å². The van der Waals surface area contributed by atoms with Crippen molar-refractivity contribution in [2.45, 2.75) is 33.1 Å². The largest absolute Gasteiger partial charge is 0.342 e. The summed E-state index contributed by atoms with van der Waals surface area (Å²) in [6.45, 7) is 6.25. The highest BCUT2D eigenvalue weighted by atomic mass is 19.1. The molecule has 180 valence electrons. The Morgan fingerprint density at radius 2 is 1.83 bits per heavy atom. The SMILES string of the molecule is CC(=O)N1CCC(c2cc(F)cc(-c3nc(-c4ccc(C#N)cc4F)c4nc(C)c(C)nc4n3)c2)C1. The van der Waals surface area contributed by atoms with Crippen molar-refractivity contribution in [3.8, 4) is 28.7 Å². The van der Waals surface area contributed by atoms with Crippen LogP contribution in [0.2, 0.25) is 0 Å². The summed E-state index contributed by atoms with van der Waals surface area (Å²) in [5, 5.41) is 9.12. The standard InChI is InChI=1S/C27H22F2N6O/c1-14-15(2)32-27-25(31-14)24(22-5-4-17(12-30)8-23(22)29)33-26(34-27)20-9-19(10-21(28)11-20)18-6-7-35(13-18)16(3)36/h4-5,8-11,18H,6-7,13H2,1-3H3. The van der Waals surface area contributed by atoms with E-state index in [1.807, 2.05) is 12.1 Å². The topological polar surface area (TPSA) is 95.7 Å². The van der Waals surface area contributed by atoms with Gasteiger partial charge in [0.05, 0.1) is 23.0 Å². The van der Waals surface area contributed by atoms with Gasteiger partial charge in [0.2, 0.25) is 5.91 Å². The highest BCUT2D eigenvalue weighted by molar-refractivity contribution is 5.89. The normalized spacial score (nSPS) is 15.3. The first kappa shape index (κ1) is 23.4. The van der Waals surface area contributed by atoms with Crippen LogP contribution in [-0.2, 0) is 4.79 Å². The number of carbonyl (C=O) groups excluding carboxylic acids is 1. The van der Waals surface area contributed by atoms with Crippen molar-refractivity contribution in [3.63, 3.8) is 0 Å². The number of nitriles is 1. The lowest BCUT2D eigenvalue weighted by Gasteiger charge is -2.15. The predicted molar refractivity (Wildman–Crippen MR) is 130 cm³/mol. The minimum Gasteiger partial charge on any atom is -0.342 e. The number of aryl methyl sites for hydroxylation is 2. The lowest BCUT2D eigenvalue weighted by atomic mass is 9.96. The first-order valence-corrected chi connectivity index (χ1v) is 11.5. The van der Waals surface area contributed by atoms with Crippen LogP contribution >= 0.6 is 0 Å². The molecule has 1 atom stereocenters. The Kier molecular flexibility index (Phi) is 5.88. The van der Waals surface area contributed by atoms with Crippen LogP contribution in [0.1, 0.15) is 41.8 Å². The number of rotatable bonds is 3. The second kappa shape index (κ2) is 9.04. The number of benzene rings is 2. The van der Waals surface area contributed by atoms with Crippen molar-refractivity contribution in [3.05, 3.63) is 70.5 Å². The molecule has 1 aliphatic rings. The molecular weight excluding hydrogens is 462 g/mol. The van der Waals surface area contributed by atoms with E-state index in [0.717, 1.165) is 18.1 Å². The Morgan fingerprint density at radius 3 is 2.53 bits per heavy atom. The second-order valence-corrected chi connectivity index (χ2v) is 8.99. The number of hydrogen-bond donors (Lipinski definition) is 0. The van der Waals surface area contributed by atoms with E-state index in [1.165, 1.54) is 31.2 Å². The van der Waals surface area contributed by atoms with Crippen molar-refractivity contribution in [2.24, 2.45) is 0 Å². The highest BCUT2D eigenvalue weighted by Gasteiger charge is 2.27. The molecule has 0 N–H and O–H groups in total. The maximum Gasteiger partial charge on any atom is 0.219 e. The molecule has 1 saturated heterocycles. The van der Waals surface area contributed by atoms with E-state index in [4.69, 9.17) is 5.26 Å². The summed E-state index contributed by atoms with van der Waals surface area (Å²) in [5.74, 6) is -0.921. The first-order chi connectivity index (χ1) is 17.2. The van der Waals surface area contributed by atoms with Gasteiger partial charge in [-0.25, -0.2) is 28.7 Å². The number of fused-ring (bicyclic) bond motifs is 1. The molecule has 5 rings (SSSR count). The molecule has 9 heteroatoms. The van der Waals surface area contributed by atoms with E-state index >= 15 is 4.39 Å². The van der Waals surface area contributed by atoms with Crippen molar-refractivity contribution in [1.29, 1.82) is 5.26 Å². The lowest BCUT2D eigenvalue weighted by Crippen LogP contribution is -2.25. The number of likely N-dealkylation sites (tertiary alicyclic amines) is 1. The Balaban J connectivity index is 1.68. The van der Waals surface area contributed by atoms with Crippen LogP contribution in [0.25, 0.3) is 33.8 Å². The molecule has 1 unspecified atom stereocenters. The van der Waals surface area contributed by atoms with Crippen LogP contribution in [0.15, 0.2) is 36.4 Å². The Labute approximate surface area is 206 Å². The van der Waals surface area contributed by atoms with Gasteiger partial charge in [-0.1, -0.05) is 0 Å². The van der Waals surface area contributed by atoms with E-state index < -0.39 is 11.6 Å². The number of carbonyl (C=O) groups is 1. The molecule has 0 radical (unpaired) electrons. The number of aromatic nitrogens is 4. The summed E-state index contributed by atoms with van der Waals surface area (Å²) in [7, 11) is 0. The Hall–Kier alpha value is -4.32. The molecule has 2 aromatic heterocycles. The molecular formula is C27H22F2N6O.